The summed E-state index contributed by atoms with van der Waals surface area (Å²) >= 11 is 5.96. The van der Waals surface area contributed by atoms with Gasteiger partial charge in [-0.2, -0.15) is 5.26 Å². The van der Waals surface area contributed by atoms with Crippen LogP contribution in [0.5, 0.6) is 0 Å². The van der Waals surface area contributed by atoms with Gasteiger partial charge in [-0.15, -0.1) is 0 Å². The molecule has 1 fully saturated rings. The van der Waals surface area contributed by atoms with Crippen molar-refractivity contribution < 1.29 is 0 Å². The van der Waals surface area contributed by atoms with Gasteiger partial charge in [0, 0.05) is 5.02 Å². The monoisotopic (exact) mass is 205 g/mol. The van der Waals surface area contributed by atoms with Crippen molar-refractivity contribution in [3.8, 4) is 6.07 Å². The molecule has 14 heavy (non-hydrogen) atoms. The third-order valence-electron chi connectivity index (χ3n) is 2.93. The van der Waals surface area contributed by atoms with Gasteiger partial charge in [0.25, 0.3) is 0 Å². The molecule has 0 spiro atoms. The standard InChI is InChI=1S/C12H12ClN/c1-2-9-3-4-10(13)7-11(9)12(8-14)5-6-12/h3-4,7H,2,5-6H2,1H3. The number of benzene rings is 1. The highest BCUT2D eigenvalue weighted by Crippen LogP contribution is 2.49. The van der Waals surface area contributed by atoms with Gasteiger partial charge >= 0.3 is 0 Å². The summed E-state index contributed by atoms with van der Waals surface area (Å²) in [6.07, 6.45) is 2.93. The van der Waals surface area contributed by atoms with E-state index in [-0.39, 0.29) is 5.41 Å². The third-order valence-corrected chi connectivity index (χ3v) is 3.17. The summed E-state index contributed by atoms with van der Waals surface area (Å²) in [5.41, 5.74) is 2.19. The number of halogens is 1. The highest BCUT2D eigenvalue weighted by molar-refractivity contribution is 6.30. The van der Waals surface area contributed by atoms with Crippen LogP contribution in [0.4, 0.5) is 0 Å². The van der Waals surface area contributed by atoms with Crippen LogP contribution < -0.4 is 0 Å². The average molecular weight is 206 g/mol. The molecule has 0 heterocycles. The second kappa shape index (κ2) is 3.29. The van der Waals surface area contributed by atoms with Crippen molar-refractivity contribution in [1.82, 2.24) is 0 Å². The lowest BCUT2D eigenvalue weighted by Crippen LogP contribution is -2.06. The zero-order valence-electron chi connectivity index (χ0n) is 8.18. The van der Waals surface area contributed by atoms with Gasteiger partial charge in [0.05, 0.1) is 11.5 Å². The first kappa shape index (κ1) is 9.55. The Labute approximate surface area is 89.3 Å². The molecule has 1 aromatic rings. The van der Waals surface area contributed by atoms with Gasteiger partial charge in [-0.05, 0) is 42.5 Å². The fourth-order valence-electron chi connectivity index (χ4n) is 1.87. The lowest BCUT2D eigenvalue weighted by molar-refractivity contribution is 0.878. The molecule has 0 saturated heterocycles. The lowest BCUT2D eigenvalue weighted by atomic mass is 9.91. The Morgan fingerprint density at radius 2 is 2.21 bits per heavy atom. The van der Waals surface area contributed by atoms with Crippen LogP contribution in [0, 0.1) is 11.3 Å². The molecule has 1 aliphatic rings. The van der Waals surface area contributed by atoms with Crippen molar-refractivity contribution in [2.24, 2.45) is 0 Å². The lowest BCUT2D eigenvalue weighted by Gasteiger charge is -2.12. The maximum Gasteiger partial charge on any atom is 0.0826 e. The summed E-state index contributed by atoms with van der Waals surface area (Å²) < 4.78 is 0. The second-order valence-electron chi connectivity index (χ2n) is 3.85. The van der Waals surface area contributed by atoms with Crippen LogP contribution in [0.25, 0.3) is 0 Å². The first-order valence-corrected chi connectivity index (χ1v) is 5.30. The van der Waals surface area contributed by atoms with Crippen LogP contribution in [0.15, 0.2) is 18.2 Å². The SMILES string of the molecule is CCc1ccc(Cl)cc1C1(C#N)CC1. The van der Waals surface area contributed by atoms with Crippen molar-refractivity contribution >= 4 is 11.6 Å². The fraction of sp³-hybridized carbons (Fsp3) is 0.417. The fourth-order valence-corrected chi connectivity index (χ4v) is 2.04. The van der Waals surface area contributed by atoms with E-state index in [2.05, 4.69) is 13.0 Å². The number of hydrogen-bond acceptors (Lipinski definition) is 1. The Hall–Kier alpha value is -1.00. The molecular formula is C12H12ClN. The average Bonchev–Trinajstić information content (AvgIpc) is 2.98. The molecule has 72 valence electrons. The van der Waals surface area contributed by atoms with Gasteiger partial charge in [0.2, 0.25) is 0 Å². The predicted molar refractivity (Wildman–Crippen MR) is 57.4 cm³/mol. The van der Waals surface area contributed by atoms with E-state index in [1.165, 1.54) is 5.56 Å². The number of nitriles is 1. The molecule has 0 atom stereocenters. The van der Waals surface area contributed by atoms with Crippen molar-refractivity contribution in [3.63, 3.8) is 0 Å². The Morgan fingerprint density at radius 1 is 1.50 bits per heavy atom. The van der Waals surface area contributed by atoms with Gasteiger partial charge in [-0.1, -0.05) is 24.6 Å². The summed E-state index contributed by atoms with van der Waals surface area (Å²) in [7, 11) is 0. The molecular weight excluding hydrogens is 194 g/mol. The highest BCUT2D eigenvalue weighted by atomic mass is 35.5. The van der Waals surface area contributed by atoms with E-state index in [1.54, 1.807) is 0 Å². The van der Waals surface area contributed by atoms with E-state index in [0.717, 1.165) is 29.8 Å². The quantitative estimate of drug-likeness (QED) is 0.726. The minimum absolute atomic E-state index is 0.212. The van der Waals surface area contributed by atoms with Gasteiger partial charge < -0.3 is 0 Å². The molecule has 0 N–H and O–H groups in total. The molecule has 1 aromatic carbocycles. The molecule has 0 bridgehead atoms. The molecule has 0 radical (unpaired) electrons. The summed E-state index contributed by atoms with van der Waals surface area (Å²) in [6, 6.07) is 8.30. The predicted octanol–water partition coefficient (Wildman–Crippen LogP) is 3.46. The molecule has 0 amide bonds. The van der Waals surface area contributed by atoms with Crippen LogP contribution in [-0.2, 0) is 11.8 Å². The summed E-state index contributed by atoms with van der Waals surface area (Å²) in [5.74, 6) is 0. The maximum atomic E-state index is 9.13. The van der Waals surface area contributed by atoms with E-state index in [1.807, 2.05) is 18.2 Å². The first-order valence-electron chi connectivity index (χ1n) is 4.92. The molecule has 1 saturated carbocycles. The number of rotatable bonds is 2. The van der Waals surface area contributed by atoms with Gasteiger partial charge in [-0.3, -0.25) is 0 Å². The maximum absolute atomic E-state index is 9.13. The highest BCUT2D eigenvalue weighted by Gasteiger charge is 2.46. The van der Waals surface area contributed by atoms with Crippen molar-refractivity contribution in [2.45, 2.75) is 31.6 Å². The third kappa shape index (κ3) is 1.40. The zero-order valence-corrected chi connectivity index (χ0v) is 8.93. The van der Waals surface area contributed by atoms with Crippen molar-refractivity contribution in [1.29, 1.82) is 5.26 Å². The minimum Gasteiger partial charge on any atom is -0.197 e. The molecule has 0 unspecified atom stereocenters. The number of aryl methyl sites for hydroxylation is 1. The van der Waals surface area contributed by atoms with E-state index in [0.29, 0.717) is 0 Å². The molecule has 2 rings (SSSR count). The van der Waals surface area contributed by atoms with Crippen LogP contribution in [-0.4, -0.2) is 0 Å². The van der Waals surface area contributed by atoms with Gasteiger partial charge in [0.1, 0.15) is 0 Å². The van der Waals surface area contributed by atoms with Crippen LogP contribution in [0.2, 0.25) is 5.02 Å². The summed E-state index contributed by atoms with van der Waals surface area (Å²) in [5, 5.41) is 9.86. The number of hydrogen-bond donors (Lipinski definition) is 0. The van der Waals surface area contributed by atoms with E-state index in [9.17, 15) is 0 Å². The molecule has 1 aliphatic carbocycles. The van der Waals surface area contributed by atoms with E-state index < -0.39 is 0 Å². The minimum atomic E-state index is -0.212. The first-order chi connectivity index (χ1) is 6.72. The largest absolute Gasteiger partial charge is 0.197 e. The van der Waals surface area contributed by atoms with Crippen molar-refractivity contribution in [3.05, 3.63) is 34.3 Å². The van der Waals surface area contributed by atoms with E-state index >= 15 is 0 Å². The molecule has 0 aromatic heterocycles. The van der Waals surface area contributed by atoms with Crippen LogP contribution in [0.1, 0.15) is 30.9 Å². The normalized spacial score (nSPS) is 17.5. The summed E-state index contributed by atoms with van der Waals surface area (Å²) in [4.78, 5) is 0. The van der Waals surface area contributed by atoms with Gasteiger partial charge in [-0.25, -0.2) is 0 Å². The molecule has 1 nitrogen and oxygen atoms in total. The second-order valence-corrected chi connectivity index (χ2v) is 4.29. The Bertz CT molecular complexity index is 399. The number of nitrogens with zero attached hydrogens (tertiary/aromatic N) is 1. The summed E-state index contributed by atoms with van der Waals surface area (Å²) in [6.45, 7) is 2.11. The smallest absolute Gasteiger partial charge is 0.0826 e. The van der Waals surface area contributed by atoms with Crippen LogP contribution >= 0.6 is 11.6 Å². The van der Waals surface area contributed by atoms with Gasteiger partial charge in [0.15, 0.2) is 0 Å². The Balaban J connectivity index is 2.51. The Morgan fingerprint density at radius 3 is 2.71 bits per heavy atom. The molecule has 2 heteroatoms. The van der Waals surface area contributed by atoms with Crippen LogP contribution in [0.3, 0.4) is 0 Å². The Kier molecular flexibility index (Phi) is 2.25. The van der Waals surface area contributed by atoms with E-state index in [4.69, 9.17) is 16.9 Å². The zero-order chi connectivity index (χ0) is 10.2. The molecule has 0 aliphatic heterocycles. The van der Waals surface area contributed by atoms with Crippen molar-refractivity contribution in [2.75, 3.05) is 0 Å². The topological polar surface area (TPSA) is 23.8 Å².